The summed E-state index contributed by atoms with van der Waals surface area (Å²) >= 11 is 0. The second-order valence-electron chi connectivity index (χ2n) is 13.2. The zero-order valence-electron chi connectivity index (χ0n) is 24.0. The van der Waals surface area contributed by atoms with Gasteiger partial charge in [-0.3, -0.25) is 0 Å². The van der Waals surface area contributed by atoms with Gasteiger partial charge in [-0.25, -0.2) is 9.59 Å². The summed E-state index contributed by atoms with van der Waals surface area (Å²) in [6.45, 7) is 24.3. The first-order chi connectivity index (χ1) is 15.3. The Morgan fingerprint density at radius 1 is 0.735 bits per heavy atom. The molecular formula is C27H54N2O5. The molecule has 2 N–H and O–H groups in total. The molecule has 0 radical (unpaired) electrons. The number of hydrogen-bond donors (Lipinski definition) is 2. The molecule has 0 aromatic heterocycles. The van der Waals surface area contributed by atoms with Crippen LogP contribution in [0.25, 0.3) is 0 Å². The van der Waals surface area contributed by atoms with Gasteiger partial charge in [-0.1, -0.05) is 54.4 Å². The van der Waals surface area contributed by atoms with E-state index in [4.69, 9.17) is 14.2 Å². The number of unbranched alkanes of at least 4 members (excludes halogenated alkanes) is 3. The van der Waals surface area contributed by atoms with E-state index < -0.39 is 11.7 Å². The number of amides is 2. The predicted molar refractivity (Wildman–Crippen MR) is 139 cm³/mol. The van der Waals surface area contributed by atoms with Crippen LogP contribution in [0.15, 0.2) is 0 Å². The molecule has 0 saturated heterocycles. The summed E-state index contributed by atoms with van der Waals surface area (Å²) in [7, 11) is 0. The van der Waals surface area contributed by atoms with Crippen molar-refractivity contribution in [2.45, 2.75) is 132 Å². The lowest BCUT2D eigenvalue weighted by Gasteiger charge is -2.34. The van der Waals surface area contributed by atoms with E-state index in [9.17, 15) is 9.59 Å². The van der Waals surface area contributed by atoms with Crippen LogP contribution in [0.4, 0.5) is 9.59 Å². The van der Waals surface area contributed by atoms with E-state index in [0.717, 1.165) is 32.1 Å². The van der Waals surface area contributed by atoms with Crippen molar-refractivity contribution in [2.75, 3.05) is 19.7 Å². The van der Waals surface area contributed by atoms with Crippen molar-refractivity contribution in [1.82, 2.24) is 10.6 Å². The highest BCUT2D eigenvalue weighted by Gasteiger charge is 2.32. The minimum atomic E-state index is -0.575. The average Bonchev–Trinajstić information content (AvgIpc) is 2.59. The Hall–Kier alpha value is -1.50. The normalized spacial score (nSPS) is 13.9. The van der Waals surface area contributed by atoms with Gasteiger partial charge >= 0.3 is 12.2 Å². The van der Waals surface area contributed by atoms with Crippen LogP contribution in [0.5, 0.6) is 0 Å². The fraction of sp³-hybridized carbons (Fsp3) is 0.926. The number of hydrogen-bond acceptors (Lipinski definition) is 5. The molecule has 0 aromatic carbocycles. The third-order valence-corrected chi connectivity index (χ3v) is 5.26. The average molecular weight is 487 g/mol. The highest BCUT2D eigenvalue weighted by molar-refractivity contribution is 5.67. The largest absolute Gasteiger partial charge is 0.446 e. The Balaban J connectivity index is 3.97. The van der Waals surface area contributed by atoms with Gasteiger partial charge in [0.05, 0.1) is 12.2 Å². The van der Waals surface area contributed by atoms with Gasteiger partial charge in [-0.05, 0) is 64.7 Å². The van der Waals surface area contributed by atoms with E-state index in [0.29, 0.717) is 26.1 Å². The van der Waals surface area contributed by atoms with Crippen molar-refractivity contribution < 1.29 is 23.8 Å². The predicted octanol–water partition coefficient (Wildman–Crippen LogP) is 6.83. The monoisotopic (exact) mass is 486 g/mol. The minimum Gasteiger partial charge on any atom is -0.446 e. The summed E-state index contributed by atoms with van der Waals surface area (Å²) in [5, 5.41) is 5.69. The van der Waals surface area contributed by atoms with Gasteiger partial charge < -0.3 is 24.8 Å². The topological polar surface area (TPSA) is 85.9 Å². The standard InChI is InChI=1S/C27H54N2O5/c1-24(2,3)20-21(25(4,5)6)33-22(30)28-17-14-12-13-15-18-29-23(31)34-27(10,11)16-19-32-26(7,8)9/h21H,12-20H2,1-11H3,(H,28,30)(H,29,31). The molecule has 0 saturated carbocycles. The van der Waals surface area contributed by atoms with Crippen LogP contribution in [-0.4, -0.2) is 49.2 Å². The van der Waals surface area contributed by atoms with Gasteiger partial charge in [0, 0.05) is 19.5 Å². The third-order valence-electron chi connectivity index (χ3n) is 5.26. The van der Waals surface area contributed by atoms with Crippen LogP contribution in [0.3, 0.4) is 0 Å². The van der Waals surface area contributed by atoms with Gasteiger partial charge in [-0.2, -0.15) is 0 Å². The molecule has 0 bridgehead atoms. The second-order valence-corrected chi connectivity index (χ2v) is 13.2. The van der Waals surface area contributed by atoms with E-state index in [-0.39, 0.29) is 28.6 Å². The van der Waals surface area contributed by atoms with Crippen LogP contribution in [0.1, 0.15) is 115 Å². The van der Waals surface area contributed by atoms with Crippen molar-refractivity contribution in [1.29, 1.82) is 0 Å². The van der Waals surface area contributed by atoms with Crippen LogP contribution < -0.4 is 10.6 Å². The Morgan fingerprint density at radius 3 is 1.68 bits per heavy atom. The Kier molecular flexibility index (Phi) is 13.5. The molecule has 0 heterocycles. The molecule has 0 aliphatic carbocycles. The number of carbonyl (C=O) groups excluding carboxylic acids is 2. The summed E-state index contributed by atoms with van der Waals surface area (Å²) < 4.78 is 17.0. The summed E-state index contributed by atoms with van der Waals surface area (Å²) in [5.41, 5.74) is -0.785. The first-order valence-corrected chi connectivity index (χ1v) is 12.9. The van der Waals surface area contributed by atoms with Crippen molar-refractivity contribution in [2.24, 2.45) is 10.8 Å². The third kappa shape index (κ3) is 18.9. The van der Waals surface area contributed by atoms with Crippen LogP contribution >= 0.6 is 0 Å². The van der Waals surface area contributed by atoms with Crippen LogP contribution in [0, 0.1) is 10.8 Å². The molecule has 0 aromatic rings. The van der Waals surface area contributed by atoms with Crippen molar-refractivity contribution in [3.63, 3.8) is 0 Å². The Morgan fingerprint density at radius 2 is 1.24 bits per heavy atom. The van der Waals surface area contributed by atoms with Crippen LogP contribution in [-0.2, 0) is 14.2 Å². The lowest BCUT2D eigenvalue weighted by Crippen LogP contribution is -2.38. The molecule has 0 fully saturated rings. The van der Waals surface area contributed by atoms with Gasteiger partial charge in [0.25, 0.3) is 0 Å². The van der Waals surface area contributed by atoms with E-state index in [1.165, 1.54) is 0 Å². The van der Waals surface area contributed by atoms with Crippen molar-refractivity contribution in [3.05, 3.63) is 0 Å². The number of rotatable bonds is 13. The van der Waals surface area contributed by atoms with Gasteiger partial charge in [0.1, 0.15) is 11.7 Å². The maximum absolute atomic E-state index is 12.2. The second kappa shape index (κ2) is 14.2. The molecule has 7 heteroatoms. The summed E-state index contributed by atoms with van der Waals surface area (Å²) in [6, 6.07) is 0. The van der Waals surface area contributed by atoms with Gasteiger partial charge in [0.15, 0.2) is 0 Å². The van der Waals surface area contributed by atoms with Crippen molar-refractivity contribution in [3.8, 4) is 0 Å². The molecule has 1 atom stereocenters. The maximum Gasteiger partial charge on any atom is 0.407 e. The summed E-state index contributed by atoms with van der Waals surface area (Å²) in [5.74, 6) is 0. The first kappa shape index (κ1) is 32.5. The van der Waals surface area contributed by atoms with Gasteiger partial charge in [0.2, 0.25) is 0 Å². The molecule has 0 aliphatic rings. The lowest BCUT2D eigenvalue weighted by molar-refractivity contribution is -0.0402. The fourth-order valence-electron chi connectivity index (χ4n) is 3.18. The van der Waals surface area contributed by atoms with E-state index in [1.54, 1.807) is 0 Å². The zero-order valence-corrected chi connectivity index (χ0v) is 24.0. The van der Waals surface area contributed by atoms with Crippen LogP contribution in [0.2, 0.25) is 0 Å². The number of alkyl carbamates (subject to hydrolysis) is 2. The lowest BCUT2D eigenvalue weighted by atomic mass is 9.78. The van der Waals surface area contributed by atoms with E-state index in [1.807, 2.05) is 34.6 Å². The minimum absolute atomic E-state index is 0.0924. The van der Waals surface area contributed by atoms with Gasteiger partial charge in [-0.15, -0.1) is 0 Å². The molecule has 1 unspecified atom stereocenters. The fourth-order valence-corrected chi connectivity index (χ4v) is 3.18. The molecular weight excluding hydrogens is 432 g/mol. The Bertz CT molecular complexity index is 598. The summed E-state index contributed by atoms with van der Waals surface area (Å²) in [4.78, 5) is 24.3. The Labute approximate surface area is 209 Å². The molecule has 34 heavy (non-hydrogen) atoms. The van der Waals surface area contributed by atoms with Crippen molar-refractivity contribution >= 4 is 12.2 Å². The number of nitrogens with one attached hydrogen (secondary N) is 2. The van der Waals surface area contributed by atoms with E-state index in [2.05, 4.69) is 52.2 Å². The maximum atomic E-state index is 12.2. The first-order valence-electron chi connectivity index (χ1n) is 12.9. The van der Waals surface area contributed by atoms with E-state index >= 15 is 0 Å². The quantitative estimate of drug-likeness (QED) is 0.279. The molecule has 0 rings (SSSR count). The molecule has 0 spiro atoms. The highest BCUT2D eigenvalue weighted by atomic mass is 16.6. The molecule has 7 nitrogen and oxygen atoms in total. The molecule has 0 aliphatic heterocycles. The molecule has 202 valence electrons. The number of ether oxygens (including phenoxy) is 3. The summed E-state index contributed by atoms with van der Waals surface area (Å²) in [6.07, 6.45) is 4.27. The smallest absolute Gasteiger partial charge is 0.407 e. The highest BCUT2D eigenvalue weighted by Crippen LogP contribution is 2.32. The SMILES string of the molecule is CC(C)(C)CC(OC(=O)NCCCCCCNC(=O)OC(C)(C)CCOC(C)(C)C)C(C)(C)C. The zero-order chi connectivity index (χ0) is 26.6. The number of carbonyl (C=O) groups is 2. The molecule has 2 amide bonds.